The Kier molecular flexibility index (Phi) is 8.29. The first-order chi connectivity index (χ1) is 16.9. The van der Waals surface area contributed by atoms with E-state index >= 15 is 8.78 Å². The first-order valence-electron chi connectivity index (χ1n) is 11.4. The standard InChI is InChI=1S/C26H30F3N5O2/c1-15-10-18-13-17(25(30)32-33-31-4)7-8-19(18)24(34(15)14-26(2,3)29)23-20(27)11-16(12-21(23)28)6-9-22(35)36-5/h6-9,11-13,15,24H,10,14H2,1-5H3,(H2,30,31,32)/b9-6+. The fourth-order valence-electron chi connectivity index (χ4n) is 4.42. The van der Waals surface area contributed by atoms with Gasteiger partial charge in [-0.2, -0.15) is 5.11 Å². The van der Waals surface area contributed by atoms with E-state index in [9.17, 15) is 9.18 Å². The minimum absolute atomic E-state index is 0.0383. The average molecular weight is 502 g/mol. The fraction of sp³-hybridized carbons (Fsp3) is 0.385. The van der Waals surface area contributed by atoms with Crippen LogP contribution in [0.3, 0.4) is 0 Å². The van der Waals surface area contributed by atoms with Gasteiger partial charge in [0.1, 0.15) is 17.3 Å². The predicted molar refractivity (Wildman–Crippen MR) is 132 cm³/mol. The molecule has 2 N–H and O–H groups in total. The van der Waals surface area contributed by atoms with Gasteiger partial charge in [-0.05, 0) is 73.4 Å². The Morgan fingerprint density at radius 2 is 1.92 bits per heavy atom. The van der Waals surface area contributed by atoms with Crippen molar-refractivity contribution < 1.29 is 22.7 Å². The fourth-order valence-corrected chi connectivity index (χ4v) is 4.42. The summed E-state index contributed by atoms with van der Waals surface area (Å²) in [5.74, 6) is -2.11. The lowest BCUT2D eigenvalue weighted by atomic mass is 9.83. The van der Waals surface area contributed by atoms with Gasteiger partial charge in [-0.15, -0.1) is 5.10 Å². The maximum absolute atomic E-state index is 15.5. The summed E-state index contributed by atoms with van der Waals surface area (Å²) in [6, 6.07) is 6.39. The van der Waals surface area contributed by atoms with E-state index in [2.05, 4.69) is 20.2 Å². The maximum Gasteiger partial charge on any atom is 0.330 e. The number of fused-ring (bicyclic) bond motifs is 1. The second-order valence-electron chi connectivity index (χ2n) is 9.29. The molecule has 10 heteroatoms. The molecular weight excluding hydrogens is 471 g/mol. The highest BCUT2D eigenvalue weighted by Gasteiger charge is 2.39. The van der Waals surface area contributed by atoms with Crippen molar-refractivity contribution in [2.24, 2.45) is 21.2 Å². The molecule has 0 fully saturated rings. The Labute approximate surface area is 208 Å². The molecule has 2 atom stereocenters. The molecule has 2 aromatic carbocycles. The van der Waals surface area contributed by atoms with Crippen molar-refractivity contribution in [1.29, 1.82) is 0 Å². The third kappa shape index (κ3) is 6.17. The summed E-state index contributed by atoms with van der Waals surface area (Å²) in [5, 5.41) is 10.9. The van der Waals surface area contributed by atoms with E-state index in [0.29, 0.717) is 17.5 Å². The van der Waals surface area contributed by atoms with Crippen molar-refractivity contribution in [2.45, 2.75) is 44.9 Å². The molecule has 0 saturated heterocycles. The van der Waals surface area contributed by atoms with Gasteiger partial charge in [0.25, 0.3) is 0 Å². The van der Waals surface area contributed by atoms with E-state index in [-0.39, 0.29) is 29.5 Å². The molecule has 0 saturated carbocycles. The second-order valence-corrected chi connectivity index (χ2v) is 9.29. The summed E-state index contributed by atoms with van der Waals surface area (Å²) in [7, 11) is 2.68. The molecule has 0 radical (unpaired) electrons. The summed E-state index contributed by atoms with van der Waals surface area (Å²) < 4.78 is 50.4. The van der Waals surface area contributed by atoms with E-state index in [1.807, 2.05) is 13.0 Å². The number of benzene rings is 2. The molecule has 192 valence electrons. The van der Waals surface area contributed by atoms with Crippen molar-refractivity contribution in [3.63, 3.8) is 0 Å². The van der Waals surface area contributed by atoms with Crippen molar-refractivity contribution in [3.8, 4) is 0 Å². The lowest BCUT2D eigenvalue weighted by Gasteiger charge is -2.44. The van der Waals surface area contributed by atoms with Crippen LogP contribution in [-0.4, -0.2) is 49.1 Å². The van der Waals surface area contributed by atoms with Gasteiger partial charge in [-0.25, -0.2) is 18.0 Å². The first-order valence-corrected chi connectivity index (χ1v) is 11.4. The molecule has 0 aliphatic carbocycles. The number of nitrogens with two attached hydrogens (primary N) is 1. The number of nitrogens with zero attached hydrogens (tertiary/aromatic N) is 4. The normalized spacial score (nSPS) is 19.2. The molecule has 3 rings (SSSR count). The molecule has 2 unspecified atom stereocenters. The van der Waals surface area contributed by atoms with Crippen LogP contribution in [0.4, 0.5) is 13.2 Å². The number of rotatable bonds is 7. The van der Waals surface area contributed by atoms with Crippen LogP contribution in [0, 0.1) is 11.6 Å². The largest absolute Gasteiger partial charge is 0.466 e. The Morgan fingerprint density at radius 3 is 2.50 bits per heavy atom. The molecule has 1 heterocycles. The molecule has 0 spiro atoms. The van der Waals surface area contributed by atoms with Crippen LogP contribution in [0.15, 0.2) is 51.8 Å². The number of hydrogen-bond acceptors (Lipinski definition) is 5. The van der Waals surface area contributed by atoms with E-state index in [1.54, 1.807) is 17.0 Å². The van der Waals surface area contributed by atoms with Gasteiger partial charge in [-0.1, -0.05) is 12.1 Å². The number of carbonyl (C=O) groups excluding carboxylic acids is 1. The predicted octanol–water partition coefficient (Wildman–Crippen LogP) is 4.94. The van der Waals surface area contributed by atoms with Crippen LogP contribution in [0.5, 0.6) is 0 Å². The molecule has 7 nitrogen and oxygen atoms in total. The zero-order valence-corrected chi connectivity index (χ0v) is 20.9. The van der Waals surface area contributed by atoms with Crippen molar-refractivity contribution in [2.75, 3.05) is 20.7 Å². The van der Waals surface area contributed by atoms with Crippen molar-refractivity contribution in [1.82, 2.24) is 4.90 Å². The summed E-state index contributed by atoms with van der Waals surface area (Å²) in [5.41, 5.74) is 6.41. The van der Waals surface area contributed by atoms with Gasteiger partial charge in [-0.3, -0.25) is 4.90 Å². The van der Waals surface area contributed by atoms with Gasteiger partial charge in [0, 0.05) is 29.8 Å². The van der Waals surface area contributed by atoms with E-state index in [1.165, 1.54) is 34.1 Å². The lowest BCUT2D eigenvalue weighted by molar-refractivity contribution is -0.134. The number of ether oxygens (including phenoxy) is 1. The third-order valence-electron chi connectivity index (χ3n) is 5.93. The summed E-state index contributed by atoms with van der Waals surface area (Å²) in [4.78, 5) is 13.2. The number of halogens is 3. The SMILES string of the molecule is CN=N/N=C(\N)c1ccc2c(c1)CC(C)N(CC(C)(C)F)C2c1c(F)cc(/C=C/C(=O)OC)cc1F. The van der Waals surface area contributed by atoms with Crippen LogP contribution in [0.2, 0.25) is 0 Å². The smallest absolute Gasteiger partial charge is 0.330 e. The number of amidine groups is 1. The van der Waals surface area contributed by atoms with Crippen molar-refractivity contribution >= 4 is 17.9 Å². The second kappa shape index (κ2) is 11.0. The number of hydrogen-bond donors (Lipinski definition) is 1. The molecule has 0 amide bonds. The number of carbonyl (C=O) groups is 1. The number of esters is 1. The number of alkyl halides is 1. The molecular formula is C26H30F3N5O2. The minimum atomic E-state index is -1.61. The zero-order chi connectivity index (χ0) is 26.6. The highest BCUT2D eigenvalue weighted by atomic mass is 19.1. The Morgan fingerprint density at radius 1 is 1.25 bits per heavy atom. The van der Waals surface area contributed by atoms with Gasteiger partial charge < -0.3 is 10.5 Å². The molecule has 0 bridgehead atoms. The van der Waals surface area contributed by atoms with Gasteiger partial charge in [0.15, 0.2) is 5.84 Å². The summed E-state index contributed by atoms with van der Waals surface area (Å²) in [6.45, 7) is 4.72. The Balaban J connectivity index is 2.16. The van der Waals surface area contributed by atoms with Crippen LogP contribution in [0.25, 0.3) is 6.08 Å². The van der Waals surface area contributed by atoms with E-state index in [4.69, 9.17) is 5.73 Å². The van der Waals surface area contributed by atoms with Crippen molar-refractivity contribution in [3.05, 3.63) is 75.9 Å². The Hall–Kier alpha value is -3.53. The topological polar surface area (TPSA) is 92.6 Å². The van der Waals surface area contributed by atoms with Crippen LogP contribution in [0.1, 0.15) is 54.6 Å². The summed E-state index contributed by atoms with van der Waals surface area (Å²) >= 11 is 0. The molecule has 0 aromatic heterocycles. The van der Waals surface area contributed by atoms with Crippen LogP contribution >= 0.6 is 0 Å². The van der Waals surface area contributed by atoms with E-state index < -0.39 is 29.3 Å². The minimum Gasteiger partial charge on any atom is -0.466 e. The highest BCUT2D eigenvalue weighted by Crippen LogP contribution is 2.41. The highest BCUT2D eigenvalue weighted by molar-refractivity contribution is 5.97. The molecule has 1 aliphatic rings. The van der Waals surface area contributed by atoms with Gasteiger partial charge in [0.05, 0.1) is 20.2 Å². The third-order valence-corrected chi connectivity index (χ3v) is 5.93. The first kappa shape index (κ1) is 27.1. The summed E-state index contributed by atoms with van der Waals surface area (Å²) in [6.07, 6.45) is 2.86. The van der Waals surface area contributed by atoms with E-state index in [0.717, 1.165) is 23.8 Å². The zero-order valence-electron chi connectivity index (χ0n) is 20.9. The van der Waals surface area contributed by atoms with Crippen LogP contribution in [-0.2, 0) is 16.0 Å². The van der Waals surface area contributed by atoms with Crippen LogP contribution < -0.4 is 5.73 Å². The Bertz CT molecular complexity index is 1200. The average Bonchev–Trinajstić information content (AvgIpc) is 2.81. The molecule has 2 aromatic rings. The maximum atomic E-state index is 15.5. The quantitative estimate of drug-likeness (QED) is 0.145. The molecule has 36 heavy (non-hydrogen) atoms. The monoisotopic (exact) mass is 501 g/mol. The molecule has 1 aliphatic heterocycles. The van der Waals surface area contributed by atoms with Gasteiger partial charge in [0.2, 0.25) is 0 Å². The van der Waals surface area contributed by atoms with Gasteiger partial charge >= 0.3 is 5.97 Å². The number of methoxy groups -OCH3 is 1. The lowest BCUT2D eigenvalue weighted by Crippen LogP contribution is -2.48.